The van der Waals surface area contributed by atoms with E-state index in [0.29, 0.717) is 18.8 Å². The zero-order valence-corrected chi connectivity index (χ0v) is 16.1. The van der Waals surface area contributed by atoms with Crippen molar-refractivity contribution in [2.24, 2.45) is 7.05 Å². The molecular weight excluding hydrogens is 394 g/mol. The van der Waals surface area contributed by atoms with E-state index in [4.69, 9.17) is 4.74 Å². The number of benzene rings is 1. The molecule has 1 aliphatic rings. The Morgan fingerprint density at radius 3 is 2.96 bits per heavy atom. The molecule has 3 aromatic rings. The van der Waals surface area contributed by atoms with Gasteiger partial charge in [0.1, 0.15) is 6.10 Å². The number of halogens is 1. The van der Waals surface area contributed by atoms with Crippen molar-refractivity contribution in [2.45, 2.75) is 18.9 Å². The second-order valence-electron chi connectivity index (χ2n) is 6.64. The van der Waals surface area contributed by atoms with Gasteiger partial charge in [-0.25, -0.2) is 4.98 Å². The van der Waals surface area contributed by atoms with E-state index in [1.54, 1.807) is 6.20 Å². The monoisotopic (exact) mass is 413 g/mol. The SMILES string of the molecule is Cn1cc(CC(=O)N2CCC(Oc3ccc(Br)cn3)C2)c2ccccc21. The van der Waals surface area contributed by atoms with E-state index >= 15 is 0 Å². The normalized spacial score (nSPS) is 17.0. The Labute approximate surface area is 160 Å². The number of aromatic nitrogens is 2. The summed E-state index contributed by atoms with van der Waals surface area (Å²) in [5, 5.41) is 1.15. The minimum Gasteiger partial charge on any atom is -0.472 e. The number of amides is 1. The lowest BCUT2D eigenvalue weighted by molar-refractivity contribution is -0.129. The Morgan fingerprint density at radius 2 is 2.15 bits per heavy atom. The van der Waals surface area contributed by atoms with Gasteiger partial charge in [0, 0.05) is 53.8 Å². The number of para-hydroxylation sites is 1. The van der Waals surface area contributed by atoms with Crippen molar-refractivity contribution in [1.82, 2.24) is 14.5 Å². The van der Waals surface area contributed by atoms with Gasteiger partial charge >= 0.3 is 0 Å². The molecule has 1 amide bonds. The second-order valence-corrected chi connectivity index (χ2v) is 7.56. The molecule has 0 aliphatic carbocycles. The summed E-state index contributed by atoms with van der Waals surface area (Å²) >= 11 is 3.36. The van der Waals surface area contributed by atoms with Gasteiger partial charge < -0.3 is 14.2 Å². The van der Waals surface area contributed by atoms with Crippen LogP contribution in [-0.2, 0) is 18.3 Å². The molecule has 1 saturated heterocycles. The highest BCUT2D eigenvalue weighted by Crippen LogP contribution is 2.23. The average Bonchev–Trinajstić information content (AvgIpc) is 3.23. The zero-order valence-electron chi connectivity index (χ0n) is 14.6. The number of ether oxygens (including phenoxy) is 1. The summed E-state index contributed by atoms with van der Waals surface area (Å²) in [6.45, 7) is 1.34. The van der Waals surface area contributed by atoms with Gasteiger partial charge in [-0.1, -0.05) is 18.2 Å². The molecule has 0 saturated carbocycles. The molecule has 5 nitrogen and oxygen atoms in total. The maximum atomic E-state index is 12.7. The standard InChI is InChI=1S/C20H20BrN3O2/c1-23-12-14(17-4-2-3-5-18(17)23)10-20(25)24-9-8-16(13-24)26-19-7-6-15(21)11-22-19/h2-7,11-12,16H,8-10,13H2,1H3. The summed E-state index contributed by atoms with van der Waals surface area (Å²) in [5.74, 6) is 0.748. The molecule has 0 spiro atoms. The van der Waals surface area contributed by atoms with Gasteiger partial charge in [0.25, 0.3) is 0 Å². The molecule has 3 heterocycles. The van der Waals surface area contributed by atoms with Gasteiger partial charge in [-0.05, 0) is 33.6 Å². The van der Waals surface area contributed by atoms with Crippen LogP contribution in [0, 0.1) is 0 Å². The number of hydrogen-bond donors (Lipinski definition) is 0. The quantitative estimate of drug-likeness (QED) is 0.656. The Hall–Kier alpha value is -2.34. The Bertz CT molecular complexity index is 936. The number of likely N-dealkylation sites (tertiary alicyclic amines) is 1. The van der Waals surface area contributed by atoms with Crippen molar-refractivity contribution in [3.8, 4) is 5.88 Å². The molecule has 1 aliphatic heterocycles. The Balaban J connectivity index is 1.40. The van der Waals surface area contributed by atoms with Crippen LogP contribution in [0.1, 0.15) is 12.0 Å². The third-order valence-corrected chi connectivity index (χ3v) is 5.28. The molecule has 0 N–H and O–H groups in total. The van der Waals surface area contributed by atoms with E-state index in [2.05, 4.69) is 43.8 Å². The average molecular weight is 414 g/mol. The number of rotatable bonds is 4. The minimum atomic E-state index is 0.000132. The molecule has 4 rings (SSSR count). The van der Waals surface area contributed by atoms with E-state index < -0.39 is 0 Å². The van der Waals surface area contributed by atoms with E-state index in [1.807, 2.05) is 36.2 Å². The fourth-order valence-electron chi connectivity index (χ4n) is 3.49. The first-order chi connectivity index (χ1) is 12.6. The molecule has 1 atom stereocenters. The van der Waals surface area contributed by atoms with Crippen LogP contribution in [0.2, 0.25) is 0 Å². The van der Waals surface area contributed by atoms with Crippen LogP contribution in [0.25, 0.3) is 10.9 Å². The first-order valence-electron chi connectivity index (χ1n) is 8.69. The predicted octanol–water partition coefficient (Wildman–Crippen LogP) is 3.56. The third kappa shape index (κ3) is 3.46. The largest absolute Gasteiger partial charge is 0.472 e. The molecule has 6 heteroatoms. The molecule has 1 aromatic carbocycles. The smallest absolute Gasteiger partial charge is 0.227 e. The number of pyridine rings is 1. The van der Waals surface area contributed by atoms with E-state index in [1.165, 1.54) is 0 Å². The van der Waals surface area contributed by atoms with Gasteiger partial charge in [0.2, 0.25) is 11.8 Å². The lowest BCUT2D eigenvalue weighted by Gasteiger charge is -2.17. The topological polar surface area (TPSA) is 47.4 Å². The van der Waals surface area contributed by atoms with Crippen LogP contribution in [0.3, 0.4) is 0 Å². The van der Waals surface area contributed by atoms with Crippen molar-refractivity contribution in [2.75, 3.05) is 13.1 Å². The predicted molar refractivity (Wildman–Crippen MR) is 104 cm³/mol. The van der Waals surface area contributed by atoms with Crippen LogP contribution in [-0.4, -0.2) is 39.6 Å². The zero-order chi connectivity index (χ0) is 18.1. The fourth-order valence-corrected chi connectivity index (χ4v) is 3.73. The number of carbonyl (C=O) groups excluding carboxylic acids is 1. The number of fused-ring (bicyclic) bond motifs is 1. The summed E-state index contributed by atoms with van der Waals surface area (Å²) in [7, 11) is 2.02. The highest BCUT2D eigenvalue weighted by molar-refractivity contribution is 9.10. The molecule has 2 aromatic heterocycles. The number of hydrogen-bond acceptors (Lipinski definition) is 3. The van der Waals surface area contributed by atoms with Gasteiger partial charge in [0.15, 0.2) is 0 Å². The number of aryl methyl sites for hydroxylation is 1. The van der Waals surface area contributed by atoms with Gasteiger partial charge in [0.05, 0.1) is 13.0 Å². The highest BCUT2D eigenvalue weighted by atomic mass is 79.9. The summed E-state index contributed by atoms with van der Waals surface area (Å²) < 4.78 is 8.90. The first kappa shape index (κ1) is 17.1. The number of nitrogens with zero attached hydrogens (tertiary/aromatic N) is 3. The van der Waals surface area contributed by atoms with E-state index in [9.17, 15) is 4.79 Å². The van der Waals surface area contributed by atoms with Crippen LogP contribution >= 0.6 is 15.9 Å². The minimum absolute atomic E-state index is 0.000132. The summed E-state index contributed by atoms with van der Waals surface area (Å²) in [6.07, 6.45) is 5.02. The van der Waals surface area contributed by atoms with E-state index in [0.717, 1.165) is 33.9 Å². The Kier molecular flexibility index (Phi) is 4.68. The molecule has 26 heavy (non-hydrogen) atoms. The van der Waals surface area contributed by atoms with Gasteiger partial charge in [-0.2, -0.15) is 0 Å². The molecule has 1 fully saturated rings. The van der Waals surface area contributed by atoms with Crippen LogP contribution in [0.4, 0.5) is 0 Å². The van der Waals surface area contributed by atoms with Crippen molar-refractivity contribution in [3.63, 3.8) is 0 Å². The van der Waals surface area contributed by atoms with Crippen LogP contribution in [0.15, 0.2) is 53.3 Å². The van der Waals surface area contributed by atoms with E-state index in [-0.39, 0.29) is 12.0 Å². The molecule has 1 unspecified atom stereocenters. The summed E-state index contributed by atoms with van der Waals surface area (Å²) in [6, 6.07) is 11.9. The molecular formula is C20H20BrN3O2. The van der Waals surface area contributed by atoms with Crippen LogP contribution < -0.4 is 4.74 Å². The molecule has 0 bridgehead atoms. The fraction of sp³-hybridized carbons (Fsp3) is 0.300. The Morgan fingerprint density at radius 1 is 1.31 bits per heavy atom. The lowest BCUT2D eigenvalue weighted by atomic mass is 10.1. The van der Waals surface area contributed by atoms with Crippen LogP contribution in [0.5, 0.6) is 5.88 Å². The number of carbonyl (C=O) groups is 1. The summed E-state index contributed by atoms with van der Waals surface area (Å²) in [4.78, 5) is 18.9. The second kappa shape index (κ2) is 7.11. The molecule has 0 radical (unpaired) electrons. The lowest BCUT2D eigenvalue weighted by Crippen LogP contribution is -2.32. The third-order valence-electron chi connectivity index (χ3n) is 4.81. The maximum absolute atomic E-state index is 12.7. The highest BCUT2D eigenvalue weighted by Gasteiger charge is 2.28. The maximum Gasteiger partial charge on any atom is 0.227 e. The summed E-state index contributed by atoms with van der Waals surface area (Å²) in [5.41, 5.74) is 2.23. The van der Waals surface area contributed by atoms with Crippen molar-refractivity contribution >= 4 is 32.7 Å². The first-order valence-corrected chi connectivity index (χ1v) is 9.48. The van der Waals surface area contributed by atoms with Gasteiger partial charge in [-0.3, -0.25) is 4.79 Å². The van der Waals surface area contributed by atoms with Crippen molar-refractivity contribution in [1.29, 1.82) is 0 Å². The van der Waals surface area contributed by atoms with Crippen molar-refractivity contribution in [3.05, 3.63) is 58.8 Å². The molecule has 134 valence electrons. The van der Waals surface area contributed by atoms with Gasteiger partial charge in [-0.15, -0.1) is 0 Å². The van der Waals surface area contributed by atoms with Crippen molar-refractivity contribution < 1.29 is 9.53 Å².